The van der Waals surface area contributed by atoms with Crippen LogP contribution in [0.4, 0.5) is 0 Å². The highest BCUT2D eigenvalue weighted by Crippen LogP contribution is 2.54. The van der Waals surface area contributed by atoms with Crippen molar-refractivity contribution in [2.45, 2.75) is 25.8 Å². The first kappa shape index (κ1) is 9.82. The average Bonchev–Trinajstić information content (AvgIpc) is 2.94. The minimum absolute atomic E-state index is 0.220. The van der Waals surface area contributed by atoms with Gasteiger partial charge >= 0.3 is 0 Å². The van der Waals surface area contributed by atoms with Gasteiger partial charge < -0.3 is 5.32 Å². The lowest BCUT2D eigenvalue weighted by atomic mass is 10.0. The van der Waals surface area contributed by atoms with Crippen molar-refractivity contribution in [1.82, 2.24) is 10.3 Å². The number of aromatic nitrogens is 1. The number of pyridine rings is 1. The Morgan fingerprint density at radius 3 is 2.81 bits per heavy atom. The normalized spacial score (nSPS) is 30.9. The fourth-order valence-electron chi connectivity index (χ4n) is 2.75. The van der Waals surface area contributed by atoms with Crippen molar-refractivity contribution in [3.8, 4) is 0 Å². The first-order chi connectivity index (χ1) is 7.83. The number of fused-ring (bicyclic) bond motifs is 1. The molecule has 2 fully saturated rings. The molecule has 0 saturated heterocycles. The second-order valence-electron chi connectivity index (χ2n) is 4.96. The van der Waals surface area contributed by atoms with Gasteiger partial charge in [0.2, 0.25) is 5.91 Å². The molecule has 3 rings (SSSR count). The summed E-state index contributed by atoms with van der Waals surface area (Å²) in [6.07, 6.45) is 5.34. The lowest BCUT2D eigenvalue weighted by Crippen LogP contribution is -2.29. The van der Waals surface area contributed by atoms with Crippen LogP contribution in [0.5, 0.6) is 0 Å². The van der Waals surface area contributed by atoms with Crippen LogP contribution in [-0.4, -0.2) is 10.9 Å². The van der Waals surface area contributed by atoms with E-state index in [1.807, 2.05) is 18.2 Å². The third kappa shape index (κ3) is 1.94. The predicted molar refractivity (Wildman–Crippen MR) is 60.4 cm³/mol. The number of hydrogen-bond donors (Lipinski definition) is 1. The van der Waals surface area contributed by atoms with Gasteiger partial charge in [0.1, 0.15) is 0 Å². The van der Waals surface area contributed by atoms with Crippen molar-refractivity contribution >= 4 is 5.91 Å². The Bertz CT molecular complexity index is 380. The van der Waals surface area contributed by atoms with Crippen LogP contribution in [0.1, 0.15) is 25.0 Å². The number of rotatable bonds is 3. The fourth-order valence-corrected chi connectivity index (χ4v) is 2.75. The molecule has 2 aliphatic carbocycles. The van der Waals surface area contributed by atoms with Gasteiger partial charge in [-0.05, 0) is 43.2 Å². The van der Waals surface area contributed by atoms with Crippen LogP contribution in [0.2, 0.25) is 0 Å². The Hall–Kier alpha value is -1.38. The van der Waals surface area contributed by atoms with E-state index in [2.05, 4.69) is 10.3 Å². The second-order valence-corrected chi connectivity index (χ2v) is 4.96. The van der Waals surface area contributed by atoms with E-state index >= 15 is 0 Å². The van der Waals surface area contributed by atoms with Gasteiger partial charge in [0, 0.05) is 12.1 Å². The molecule has 1 heterocycles. The van der Waals surface area contributed by atoms with E-state index in [0.717, 1.165) is 30.4 Å². The average molecular weight is 216 g/mol. The molecular formula is C13H16N2O. The van der Waals surface area contributed by atoms with Crippen molar-refractivity contribution < 1.29 is 4.79 Å². The summed E-state index contributed by atoms with van der Waals surface area (Å²) in [7, 11) is 0. The highest BCUT2D eigenvalue weighted by Gasteiger charge is 2.47. The number of nitrogens with one attached hydrogen (secondary N) is 1. The third-order valence-corrected chi connectivity index (χ3v) is 3.78. The number of amides is 1. The molecule has 1 aromatic heterocycles. The van der Waals surface area contributed by atoms with Crippen molar-refractivity contribution in [1.29, 1.82) is 0 Å². The molecular weight excluding hydrogens is 200 g/mol. The van der Waals surface area contributed by atoms with Crippen LogP contribution in [0.15, 0.2) is 24.4 Å². The molecule has 0 radical (unpaired) electrons. The highest BCUT2D eigenvalue weighted by molar-refractivity contribution is 5.79. The van der Waals surface area contributed by atoms with Crippen molar-refractivity contribution in [3.63, 3.8) is 0 Å². The zero-order chi connectivity index (χ0) is 11.0. The van der Waals surface area contributed by atoms with Crippen molar-refractivity contribution in [2.24, 2.45) is 17.8 Å². The topological polar surface area (TPSA) is 42.0 Å². The van der Waals surface area contributed by atoms with Crippen LogP contribution in [0, 0.1) is 17.8 Å². The molecule has 1 amide bonds. The molecule has 2 atom stereocenters. The van der Waals surface area contributed by atoms with E-state index in [-0.39, 0.29) is 11.8 Å². The van der Waals surface area contributed by atoms with E-state index < -0.39 is 0 Å². The molecule has 1 aromatic rings. The molecule has 84 valence electrons. The lowest BCUT2D eigenvalue weighted by Gasteiger charge is -2.11. The Morgan fingerprint density at radius 1 is 1.31 bits per heavy atom. The fraction of sp³-hybridized carbons (Fsp3) is 0.538. The summed E-state index contributed by atoms with van der Waals surface area (Å²) in [5.74, 6) is 2.22. The molecule has 0 spiro atoms. The molecule has 1 N–H and O–H groups in total. The maximum absolute atomic E-state index is 11.8. The molecule has 16 heavy (non-hydrogen) atoms. The standard InChI is InChI=1S/C13H16N2O/c16-13(11-6-9-5-10(9)7-11)15-8-12-3-1-2-4-14-12/h1-4,9-11H,5-8H2,(H,15,16). The zero-order valence-electron chi connectivity index (χ0n) is 9.23. The predicted octanol–water partition coefficient (Wildman–Crippen LogP) is 1.74. The van der Waals surface area contributed by atoms with Crippen LogP contribution < -0.4 is 5.32 Å². The first-order valence-corrected chi connectivity index (χ1v) is 6.00. The molecule has 3 heteroatoms. The molecule has 0 bridgehead atoms. The summed E-state index contributed by atoms with van der Waals surface area (Å²) in [5.41, 5.74) is 0.930. The van der Waals surface area contributed by atoms with Crippen molar-refractivity contribution in [2.75, 3.05) is 0 Å². The van der Waals surface area contributed by atoms with E-state index in [1.165, 1.54) is 6.42 Å². The van der Waals surface area contributed by atoms with E-state index in [9.17, 15) is 4.79 Å². The van der Waals surface area contributed by atoms with Gasteiger partial charge in [0.05, 0.1) is 12.2 Å². The van der Waals surface area contributed by atoms with Gasteiger partial charge in [-0.1, -0.05) is 6.07 Å². The molecule has 2 unspecified atom stereocenters. The lowest BCUT2D eigenvalue weighted by molar-refractivity contribution is -0.125. The van der Waals surface area contributed by atoms with Gasteiger partial charge in [0.15, 0.2) is 0 Å². The SMILES string of the molecule is O=C(NCc1ccccn1)C1CC2CC2C1. The summed E-state index contributed by atoms with van der Waals surface area (Å²) in [4.78, 5) is 16.0. The smallest absolute Gasteiger partial charge is 0.223 e. The molecule has 3 nitrogen and oxygen atoms in total. The Morgan fingerprint density at radius 2 is 2.12 bits per heavy atom. The molecule has 0 aliphatic heterocycles. The number of nitrogens with zero attached hydrogens (tertiary/aromatic N) is 1. The molecule has 0 aromatic carbocycles. The Balaban J connectivity index is 1.50. The number of carbonyl (C=O) groups is 1. The third-order valence-electron chi connectivity index (χ3n) is 3.78. The Labute approximate surface area is 95.3 Å². The largest absolute Gasteiger partial charge is 0.350 e. The Kier molecular flexibility index (Phi) is 2.39. The summed E-state index contributed by atoms with van der Waals surface area (Å²) in [5, 5.41) is 2.98. The van der Waals surface area contributed by atoms with Gasteiger partial charge in [-0.3, -0.25) is 9.78 Å². The van der Waals surface area contributed by atoms with Gasteiger partial charge in [-0.25, -0.2) is 0 Å². The van der Waals surface area contributed by atoms with E-state index in [1.54, 1.807) is 6.20 Å². The highest BCUT2D eigenvalue weighted by atomic mass is 16.1. The number of hydrogen-bond acceptors (Lipinski definition) is 2. The quantitative estimate of drug-likeness (QED) is 0.836. The summed E-state index contributed by atoms with van der Waals surface area (Å²) in [6.45, 7) is 0.561. The van der Waals surface area contributed by atoms with E-state index in [4.69, 9.17) is 0 Å². The molecule has 2 saturated carbocycles. The van der Waals surface area contributed by atoms with Gasteiger partial charge in [-0.15, -0.1) is 0 Å². The van der Waals surface area contributed by atoms with Gasteiger partial charge in [-0.2, -0.15) is 0 Å². The van der Waals surface area contributed by atoms with Crippen LogP contribution >= 0.6 is 0 Å². The second kappa shape index (κ2) is 3.89. The van der Waals surface area contributed by atoms with Gasteiger partial charge in [0.25, 0.3) is 0 Å². The van der Waals surface area contributed by atoms with Crippen LogP contribution in [-0.2, 0) is 11.3 Å². The molecule has 2 aliphatic rings. The maximum atomic E-state index is 11.8. The first-order valence-electron chi connectivity index (χ1n) is 6.00. The maximum Gasteiger partial charge on any atom is 0.223 e. The minimum atomic E-state index is 0.220. The summed E-state index contributed by atoms with van der Waals surface area (Å²) >= 11 is 0. The summed E-state index contributed by atoms with van der Waals surface area (Å²) in [6, 6.07) is 5.77. The zero-order valence-corrected chi connectivity index (χ0v) is 9.23. The summed E-state index contributed by atoms with van der Waals surface area (Å²) < 4.78 is 0. The number of carbonyl (C=O) groups excluding carboxylic acids is 1. The van der Waals surface area contributed by atoms with E-state index in [0.29, 0.717) is 6.54 Å². The monoisotopic (exact) mass is 216 g/mol. The van der Waals surface area contributed by atoms with Crippen LogP contribution in [0.25, 0.3) is 0 Å². The van der Waals surface area contributed by atoms with Crippen LogP contribution in [0.3, 0.4) is 0 Å². The van der Waals surface area contributed by atoms with Crippen molar-refractivity contribution in [3.05, 3.63) is 30.1 Å². The minimum Gasteiger partial charge on any atom is -0.350 e.